The molecule has 1 aliphatic rings. The minimum Gasteiger partial charge on any atom is -0.469 e. The second-order valence-corrected chi connectivity index (χ2v) is 5.96. The molecule has 1 saturated heterocycles. The van der Waals surface area contributed by atoms with E-state index in [0.717, 1.165) is 0 Å². The number of aliphatic imine (C=N–C) groups is 1. The van der Waals surface area contributed by atoms with Gasteiger partial charge in [-0.3, -0.25) is 14.6 Å². The molecular formula is C19H24N4O3. The number of esters is 1. The minimum absolute atomic E-state index is 0.0684. The predicted molar refractivity (Wildman–Crippen MR) is 101 cm³/mol. The van der Waals surface area contributed by atoms with E-state index < -0.39 is 0 Å². The quantitative estimate of drug-likeness (QED) is 0.365. The highest BCUT2D eigenvalue weighted by Crippen LogP contribution is 2.18. The van der Waals surface area contributed by atoms with Crippen LogP contribution < -0.4 is 10.6 Å². The number of hydrogen-bond donors (Lipinski definition) is 2. The molecule has 2 N–H and O–H groups in total. The van der Waals surface area contributed by atoms with Crippen LogP contribution in [0.15, 0.2) is 29.3 Å². The van der Waals surface area contributed by atoms with Crippen molar-refractivity contribution in [3.05, 3.63) is 29.8 Å². The summed E-state index contributed by atoms with van der Waals surface area (Å²) in [5.74, 6) is 2.75. The summed E-state index contributed by atoms with van der Waals surface area (Å²) in [6.07, 6.45) is 6.77. The highest BCUT2D eigenvalue weighted by molar-refractivity contribution is 5.95. The van der Waals surface area contributed by atoms with Crippen molar-refractivity contribution in [2.75, 3.05) is 39.1 Å². The number of anilines is 1. The van der Waals surface area contributed by atoms with Crippen molar-refractivity contribution in [2.45, 2.75) is 12.8 Å². The van der Waals surface area contributed by atoms with Crippen LogP contribution in [0, 0.1) is 18.3 Å². The summed E-state index contributed by atoms with van der Waals surface area (Å²) in [5.41, 5.74) is 1.36. The van der Waals surface area contributed by atoms with Gasteiger partial charge in [-0.05, 0) is 31.0 Å². The number of carbonyl (C=O) groups excluding carboxylic acids is 2. The zero-order valence-electron chi connectivity index (χ0n) is 15.1. The molecule has 1 fully saturated rings. The van der Waals surface area contributed by atoms with Gasteiger partial charge in [0.1, 0.15) is 0 Å². The number of nitrogens with one attached hydrogen (secondary N) is 2. The molecule has 0 aliphatic carbocycles. The van der Waals surface area contributed by atoms with Crippen LogP contribution in [0.25, 0.3) is 0 Å². The molecule has 0 aromatic heterocycles. The van der Waals surface area contributed by atoms with E-state index in [0.29, 0.717) is 43.1 Å². The molecule has 0 saturated carbocycles. The summed E-state index contributed by atoms with van der Waals surface area (Å²) in [6, 6.07) is 7.12. The van der Waals surface area contributed by atoms with Crippen LogP contribution in [-0.2, 0) is 14.3 Å². The normalized spacial score (nSPS) is 15.1. The number of terminal acetylenes is 1. The summed E-state index contributed by atoms with van der Waals surface area (Å²) in [4.78, 5) is 30.0. The number of carbonyl (C=O) groups is 2. The fraction of sp³-hybridized carbons (Fsp3) is 0.421. The Kier molecular flexibility index (Phi) is 7.03. The fourth-order valence-corrected chi connectivity index (χ4v) is 2.88. The number of likely N-dealkylation sites (tertiary alicyclic amines) is 1. The number of nitrogens with zero attached hydrogens (tertiary/aromatic N) is 2. The first kappa shape index (κ1) is 19.3. The van der Waals surface area contributed by atoms with Gasteiger partial charge in [-0.1, -0.05) is 12.0 Å². The smallest absolute Gasteiger partial charge is 0.308 e. The molecule has 1 aliphatic heterocycles. The Morgan fingerprint density at radius 3 is 2.73 bits per heavy atom. The van der Waals surface area contributed by atoms with Crippen LogP contribution in [0.5, 0.6) is 0 Å². The van der Waals surface area contributed by atoms with E-state index in [1.807, 2.05) is 4.90 Å². The van der Waals surface area contributed by atoms with E-state index >= 15 is 0 Å². The number of methoxy groups -OCH3 is 1. The summed E-state index contributed by atoms with van der Waals surface area (Å²) in [6.45, 7) is 1.46. The molecule has 0 unspecified atom stereocenters. The van der Waals surface area contributed by atoms with Gasteiger partial charge in [0.2, 0.25) is 5.91 Å². The molecule has 7 heteroatoms. The predicted octanol–water partition coefficient (Wildman–Crippen LogP) is 1.07. The van der Waals surface area contributed by atoms with Gasteiger partial charge < -0.3 is 20.3 Å². The van der Waals surface area contributed by atoms with Crippen LogP contribution in [0.3, 0.4) is 0 Å². The second kappa shape index (κ2) is 9.47. The molecule has 1 aromatic rings. The average molecular weight is 356 g/mol. The third kappa shape index (κ3) is 5.24. The Bertz CT molecular complexity index is 716. The van der Waals surface area contributed by atoms with Gasteiger partial charge in [0.05, 0.1) is 19.6 Å². The summed E-state index contributed by atoms with van der Waals surface area (Å²) in [7, 11) is 3.08. The highest BCUT2D eigenvalue weighted by Gasteiger charge is 2.27. The summed E-state index contributed by atoms with van der Waals surface area (Å²) in [5, 5.41) is 5.85. The van der Waals surface area contributed by atoms with Crippen LogP contribution in [-0.4, -0.2) is 56.5 Å². The Balaban J connectivity index is 1.82. The molecule has 138 valence electrons. The molecule has 1 heterocycles. The van der Waals surface area contributed by atoms with Crippen molar-refractivity contribution in [2.24, 2.45) is 10.9 Å². The number of benzene rings is 1. The molecule has 2 rings (SSSR count). The molecule has 26 heavy (non-hydrogen) atoms. The molecule has 0 radical (unpaired) electrons. The van der Waals surface area contributed by atoms with E-state index in [1.54, 1.807) is 31.3 Å². The standard InChI is InChI=1S/C19H24N4O3/c1-4-14-6-5-7-16(12-14)22-17(24)13-21-19(20-2)23-10-8-15(9-11-23)18(25)26-3/h1,5-7,12,15H,8-11,13H2,2-3H3,(H,20,21)(H,22,24). The molecular weight excluding hydrogens is 332 g/mol. The van der Waals surface area contributed by atoms with Gasteiger partial charge in [-0.25, -0.2) is 0 Å². The molecule has 1 amide bonds. The fourth-order valence-electron chi connectivity index (χ4n) is 2.88. The first-order valence-corrected chi connectivity index (χ1v) is 8.47. The van der Waals surface area contributed by atoms with Gasteiger partial charge >= 0.3 is 5.97 Å². The summed E-state index contributed by atoms with van der Waals surface area (Å²) >= 11 is 0. The Morgan fingerprint density at radius 2 is 2.12 bits per heavy atom. The minimum atomic E-state index is -0.190. The van der Waals surface area contributed by atoms with E-state index in [-0.39, 0.29) is 24.3 Å². The van der Waals surface area contributed by atoms with Gasteiger partial charge in [-0.15, -0.1) is 6.42 Å². The third-order valence-corrected chi connectivity index (χ3v) is 4.26. The Hall–Kier alpha value is -3.01. The largest absolute Gasteiger partial charge is 0.469 e. The van der Waals surface area contributed by atoms with Crippen LogP contribution in [0.2, 0.25) is 0 Å². The maximum Gasteiger partial charge on any atom is 0.308 e. The van der Waals surface area contributed by atoms with Crippen LogP contribution in [0.1, 0.15) is 18.4 Å². The van der Waals surface area contributed by atoms with Crippen LogP contribution in [0.4, 0.5) is 5.69 Å². The lowest BCUT2D eigenvalue weighted by atomic mass is 9.97. The number of hydrogen-bond acceptors (Lipinski definition) is 4. The van der Waals surface area contributed by atoms with Crippen molar-refractivity contribution < 1.29 is 14.3 Å². The molecule has 1 aromatic carbocycles. The SMILES string of the molecule is C#Cc1cccc(NC(=O)CNC(=NC)N2CCC(C(=O)OC)CC2)c1. The second-order valence-electron chi connectivity index (χ2n) is 5.96. The summed E-state index contributed by atoms with van der Waals surface area (Å²) < 4.78 is 4.80. The topological polar surface area (TPSA) is 83.0 Å². The number of guanidine groups is 1. The first-order valence-electron chi connectivity index (χ1n) is 8.47. The lowest BCUT2D eigenvalue weighted by Crippen LogP contribution is -2.48. The van der Waals surface area contributed by atoms with Crippen molar-refractivity contribution >= 4 is 23.5 Å². The van der Waals surface area contributed by atoms with E-state index in [9.17, 15) is 9.59 Å². The molecule has 0 bridgehead atoms. The number of rotatable bonds is 4. The lowest BCUT2D eigenvalue weighted by Gasteiger charge is -2.33. The molecule has 7 nitrogen and oxygen atoms in total. The monoisotopic (exact) mass is 356 g/mol. The van der Waals surface area contributed by atoms with Crippen LogP contribution >= 0.6 is 0 Å². The van der Waals surface area contributed by atoms with Gasteiger partial charge in [0.25, 0.3) is 0 Å². The molecule has 0 spiro atoms. The first-order chi connectivity index (χ1) is 12.6. The number of piperidine rings is 1. The zero-order chi connectivity index (χ0) is 18.9. The highest BCUT2D eigenvalue weighted by atomic mass is 16.5. The van der Waals surface area contributed by atoms with E-state index in [1.165, 1.54) is 7.11 Å². The number of amides is 1. The van der Waals surface area contributed by atoms with Gasteiger partial charge in [0, 0.05) is 31.4 Å². The maximum atomic E-state index is 12.1. The van der Waals surface area contributed by atoms with Gasteiger partial charge in [-0.2, -0.15) is 0 Å². The third-order valence-electron chi connectivity index (χ3n) is 4.26. The Morgan fingerprint density at radius 1 is 1.38 bits per heavy atom. The lowest BCUT2D eigenvalue weighted by molar-refractivity contribution is -0.146. The van der Waals surface area contributed by atoms with Crippen molar-refractivity contribution in [1.29, 1.82) is 0 Å². The van der Waals surface area contributed by atoms with Crippen molar-refractivity contribution in [3.63, 3.8) is 0 Å². The Labute approximate surface area is 153 Å². The average Bonchev–Trinajstić information content (AvgIpc) is 2.68. The van der Waals surface area contributed by atoms with E-state index in [4.69, 9.17) is 11.2 Å². The molecule has 0 atom stereocenters. The van der Waals surface area contributed by atoms with Gasteiger partial charge in [0.15, 0.2) is 5.96 Å². The number of ether oxygens (including phenoxy) is 1. The van der Waals surface area contributed by atoms with E-state index in [2.05, 4.69) is 21.5 Å². The van der Waals surface area contributed by atoms with Crippen molar-refractivity contribution in [3.8, 4) is 12.3 Å². The maximum absolute atomic E-state index is 12.1. The van der Waals surface area contributed by atoms with Crippen molar-refractivity contribution in [1.82, 2.24) is 10.2 Å². The zero-order valence-corrected chi connectivity index (χ0v) is 15.1.